The zero-order valence-corrected chi connectivity index (χ0v) is 18.7. The lowest BCUT2D eigenvalue weighted by Gasteiger charge is -2.17. The number of halogens is 3. The van der Waals surface area contributed by atoms with Gasteiger partial charge in [0.1, 0.15) is 12.6 Å². The first-order chi connectivity index (χ1) is 16.7. The second kappa shape index (κ2) is 10.2. The smallest absolute Gasteiger partial charge is 0.416 e. The summed E-state index contributed by atoms with van der Waals surface area (Å²) in [5, 5.41) is 11.9. The number of alkyl halides is 3. The maximum absolute atomic E-state index is 12.9. The summed E-state index contributed by atoms with van der Waals surface area (Å²) in [7, 11) is 0. The highest BCUT2D eigenvalue weighted by atomic mass is 19.4. The van der Waals surface area contributed by atoms with Crippen molar-refractivity contribution in [2.75, 3.05) is 6.61 Å². The van der Waals surface area contributed by atoms with E-state index >= 15 is 0 Å². The third-order valence-electron chi connectivity index (χ3n) is 6.15. The summed E-state index contributed by atoms with van der Waals surface area (Å²) >= 11 is 0. The van der Waals surface area contributed by atoms with Gasteiger partial charge in [-0.25, -0.2) is 9.59 Å². The predicted octanol–water partition coefficient (Wildman–Crippen LogP) is 6.02. The number of amides is 1. The Hall–Kier alpha value is -3.81. The number of carboxylic acids is 1. The van der Waals surface area contributed by atoms with E-state index in [1.165, 1.54) is 6.07 Å². The van der Waals surface area contributed by atoms with Crippen LogP contribution in [0.5, 0.6) is 0 Å². The van der Waals surface area contributed by atoms with Crippen molar-refractivity contribution in [3.8, 4) is 11.1 Å². The van der Waals surface area contributed by atoms with E-state index in [2.05, 4.69) is 5.32 Å². The average Bonchev–Trinajstić information content (AvgIpc) is 3.15. The average molecular weight is 483 g/mol. The van der Waals surface area contributed by atoms with Crippen molar-refractivity contribution in [3.05, 3.63) is 95.1 Å². The molecule has 5 nitrogen and oxygen atoms in total. The van der Waals surface area contributed by atoms with Gasteiger partial charge in [0.05, 0.1) is 5.56 Å². The van der Waals surface area contributed by atoms with Crippen molar-refractivity contribution in [2.45, 2.75) is 37.4 Å². The summed E-state index contributed by atoms with van der Waals surface area (Å²) in [6, 6.07) is 19.4. The lowest BCUT2D eigenvalue weighted by Crippen LogP contribution is -2.41. The van der Waals surface area contributed by atoms with Gasteiger partial charge in [-0.1, -0.05) is 66.7 Å². The van der Waals surface area contributed by atoms with Gasteiger partial charge in [0.15, 0.2) is 0 Å². The van der Waals surface area contributed by atoms with Crippen LogP contribution < -0.4 is 5.32 Å². The molecular weight excluding hydrogens is 459 g/mol. The van der Waals surface area contributed by atoms with Crippen LogP contribution in [-0.4, -0.2) is 29.8 Å². The number of carbonyl (C=O) groups is 2. The van der Waals surface area contributed by atoms with Crippen molar-refractivity contribution in [2.24, 2.45) is 0 Å². The van der Waals surface area contributed by atoms with Gasteiger partial charge in [-0.2, -0.15) is 13.2 Å². The Morgan fingerprint density at radius 3 is 2.17 bits per heavy atom. The molecule has 0 aliphatic heterocycles. The number of benzene rings is 3. The molecule has 3 aromatic rings. The summed E-state index contributed by atoms with van der Waals surface area (Å²) in [6.07, 6.45) is -4.71. The van der Waals surface area contributed by atoms with E-state index in [0.29, 0.717) is 5.56 Å². The van der Waals surface area contributed by atoms with Gasteiger partial charge in [-0.15, -0.1) is 0 Å². The fourth-order valence-corrected chi connectivity index (χ4v) is 4.45. The van der Waals surface area contributed by atoms with Crippen LogP contribution >= 0.6 is 0 Å². The third kappa shape index (κ3) is 5.65. The van der Waals surface area contributed by atoms with Gasteiger partial charge in [0.2, 0.25) is 0 Å². The van der Waals surface area contributed by atoms with Crippen LogP contribution in [0.3, 0.4) is 0 Å². The van der Waals surface area contributed by atoms with E-state index < -0.39 is 29.8 Å². The number of carbonyl (C=O) groups excluding carboxylic acids is 1. The number of hydrogen-bond donors (Lipinski definition) is 2. The predicted molar refractivity (Wildman–Crippen MR) is 124 cm³/mol. The molecule has 0 fully saturated rings. The standard InChI is InChI=1S/C27H24F3NO4/c28-27(29,30)18-9-5-7-17(15-18)8-6-14-24(25(32)33)31-26(34)35-16-23-21-12-3-1-10-19(21)20-11-2-4-13-22(20)23/h1-5,7,9-13,15,23-24H,6,8,14,16H2,(H,31,34)(H,32,33)/t24-/m0/s1. The van der Waals surface area contributed by atoms with E-state index in [-0.39, 0.29) is 31.8 Å². The van der Waals surface area contributed by atoms with Gasteiger partial charge >= 0.3 is 18.2 Å². The lowest BCUT2D eigenvalue weighted by molar-refractivity contribution is -0.139. The first kappa shape index (κ1) is 24.3. The van der Waals surface area contributed by atoms with E-state index in [0.717, 1.165) is 34.4 Å². The largest absolute Gasteiger partial charge is 0.480 e. The number of rotatable bonds is 8. The molecule has 0 heterocycles. The highest BCUT2D eigenvalue weighted by Gasteiger charge is 2.31. The SMILES string of the molecule is O=C(N[C@@H](CCCc1cccc(C(F)(F)F)c1)C(=O)O)OCC1c2ccccc2-c2ccccc21. The summed E-state index contributed by atoms with van der Waals surface area (Å²) < 4.78 is 44.0. The zero-order valence-electron chi connectivity index (χ0n) is 18.7. The normalized spacial score (nSPS) is 13.6. The minimum Gasteiger partial charge on any atom is -0.480 e. The number of fused-ring (bicyclic) bond motifs is 3. The van der Waals surface area contributed by atoms with Crippen LogP contribution in [0.1, 0.15) is 41.0 Å². The molecule has 1 amide bonds. The number of aryl methyl sites for hydroxylation is 1. The van der Waals surface area contributed by atoms with E-state index in [4.69, 9.17) is 4.74 Å². The Labute approximate surface area is 200 Å². The fraction of sp³-hybridized carbons (Fsp3) is 0.259. The summed E-state index contributed by atoms with van der Waals surface area (Å²) in [4.78, 5) is 24.0. The van der Waals surface area contributed by atoms with Crippen LogP contribution in [0.4, 0.5) is 18.0 Å². The zero-order chi connectivity index (χ0) is 25.0. The number of ether oxygens (including phenoxy) is 1. The number of hydrogen-bond acceptors (Lipinski definition) is 3. The van der Waals surface area contributed by atoms with Gasteiger partial charge < -0.3 is 15.2 Å². The highest BCUT2D eigenvalue weighted by Crippen LogP contribution is 2.44. The van der Waals surface area contributed by atoms with Gasteiger partial charge in [0.25, 0.3) is 0 Å². The monoisotopic (exact) mass is 483 g/mol. The van der Waals surface area contributed by atoms with Crippen molar-refractivity contribution in [3.63, 3.8) is 0 Å². The minimum absolute atomic E-state index is 0.0514. The molecule has 4 rings (SSSR count). The van der Waals surface area contributed by atoms with E-state index in [9.17, 15) is 27.9 Å². The lowest BCUT2D eigenvalue weighted by atomic mass is 9.98. The molecule has 2 N–H and O–H groups in total. The second-order valence-corrected chi connectivity index (χ2v) is 8.45. The summed E-state index contributed by atoms with van der Waals surface area (Å²) in [6.45, 7) is 0.0520. The number of nitrogens with one attached hydrogen (secondary N) is 1. The molecule has 0 bridgehead atoms. The van der Waals surface area contributed by atoms with Crippen molar-refractivity contribution in [1.82, 2.24) is 5.32 Å². The summed E-state index contributed by atoms with van der Waals surface area (Å²) in [5.74, 6) is -1.39. The highest BCUT2D eigenvalue weighted by molar-refractivity contribution is 5.81. The molecule has 0 saturated carbocycles. The second-order valence-electron chi connectivity index (χ2n) is 8.45. The van der Waals surface area contributed by atoms with Gasteiger partial charge in [-0.05, 0) is 53.1 Å². The fourth-order valence-electron chi connectivity index (χ4n) is 4.45. The van der Waals surface area contributed by atoms with Crippen LogP contribution in [0, 0.1) is 0 Å². The topological polar surface area (TPSA) is 75.6 Å². The summed E-state index contributed by atoms with van der Waals surface area (Å²) in [5.41, 5.74) is 3.94. The van der Waals surface area contributed by atoms with Crippen LogP contribution in [-0.2, 0) is 22.1 Å². The van der Waals surface area contributed by atoms with Crippen molar-refractivity contribution >= 4 is 12.1 Å². The first-order valence-corrected chi connectivity index (χ1v) is 11.2. The Balaban J connectivity index is 1.33. The van der Waals surface area contributed by atoms with E-state index in [1.54, 1.807) is 6.07 Å². The molecule has 1 atom stereocenters. The first-order valence-electron chi connectivity index (χ1n) is 11.2. The molecule has 35 heavy (non-hydrogen) atoms. The quantitative estimate of drug-likeness (QED) is 0.411. The van der Waals surface area contributed by atoms with Crippen LogP contribution in [0.2, 0.25) is 0 Å². The maximum Gasteiger partial charge on any atom is 0.416 e. The van der Waals surface area contributed by atoms with Gasteiger partial charge in [0, 0.05) is 5.92 Å². The molecule has 0 saturated heterocycles. The number of carboxylic acid groups (broad SMARTS) is 1. The number of alkyl carbamates (subject to hydrolysis) is 1. The molecule has 3 aromatic carbocycles. The van der Waals surface area contributed by atoms with Crippen LogP contribution in [0.25, 0.3) is 11.1 Å². The molecule has 0 unspecified atom stereocenters. The molecule has 0 aromatic heterocycles. The third-order valence-corrected chi connectivity index (χ3v) is 6.15. The van der Waals surface area contributed by atoms with Crippen molar-refractivity contribution < 1.29 is 32.6 Å². The Bertz CT molecular complexity index is 1180. The molecule has 8 heteroatoms. The minimum atomic E-state index is -4.44. The Kier molecular flexibility index (Phi) is 7.10. The molecular formula is C27H24F3NO4. The van der Waals surface area contributed by atoms with Crippen molar-refractivity contribution in [1.29, 1.82) is 0 Å². The Morgan fingerprint density at radius 1 is 0.943 bits per heavy atom. The Morgan fingerprint density at radius 2 is 1.57 bits per heavy atom. The molecule has 1 aliphatic rings. The molecule has 1 aliphatic carbocycles. The molecule has 0 radical (unpaired) electrons. The molecule has 0 spiro atoms. The van der Waals surface area contributed by atoms with Crippen LogP contribution in [0.15, 0.2) is 72.8 Å². The number of aliphatic carboxylic acids is 1. The molecule has 182 valence electrons. The van der Waals surface area contributed by atoms with E-state index in [1.807, 2.05) is 48.5 Å². The van der Waals surface area contributed by atoms with Gasteiger partial charge in [-0.3, -0.25) is 0 Å². The maximum atomic E-state index is 12.9.